The molecular weight excluding hydrogens is 264 g/mol. The molecule has 0 atom stereocenters. The van der Waals surface area contributed by atoms with Crippen molar-refractivity contribution >= 4 is 0 Å². The van der Waals surface area contributed by atoms with Gasteiger partial charge in [0, 0.05) is 25.7 Å². The minimum Gasteiger partial charge on any atom is -0.494 e. The first-order valence-corrected chi connectivity index (χ1v) is 7.81. The molecule has 1 aromatic carbocycles. The van der Waals surface area contributed by atoms with Crippen molar-refractivity contribution in [3.8, 4) is 11.8 Å². The maximum Gasteiger partial charge on any atom is 0.119 e. The summed E-state index contributed by atoms with van der Waals surface area (Å²) in [7, 11) is 0. The molecule has 0 unspecified atom stereocenters. The standard InChI is InChI=1S/C17H24N2O2/c18-14-15-6-8-17(9-7-15)21-13-3-11-19(10-2-12-20)16-4-1-5-16/h6-9,16,20H,1-5,10-13H2. The number of nitriles is 1. The van der Waals surface area contributed by atoms with Crippen LogP contribution in [0.15, 0.2) is 24.3 Å². The van der Waals surface area contributed by atoms with Crippen LogP contribution in [0.5, 0.6) is 5.75 Å². The van der Waals surface area contributed by atoms with Crippen LogP contribution in [0.1, 0.15) is 37.7 Å². The SMILES string of the molecule is N#Cc1ccc(OCCCN(CCCO)C2CCC2)cc1. The fraction of sp³-hybridized carbons (Fsp3) is 0.588. The molecule has 114 valence electrons. The van der Waals surface area contributed by atoms with Crippen LogP contribution >= 0.6 is 0 Å². The zero-order chi connectivity index (χ0) is 14.9. The van der Waals surface area contributed by atoms with Crippen molar-refractivity contribution in [3.05, 3.63) is 29.8 Å². The third kappa shape index (κ3) is 5.04. The Morgan fingerprint density at radius 1 is 1.19 bits per heavy atom. The zero-order valence-electron chi connectivity index (χ0n) is 12.5. The smallest absolute Gasteiger partial charge is 0.119 e. The van der Waals surface area contributed by atoms with Crippen LogP contribution in [0.4, 0.5) is 0 Å². The Morgan fingerprint density at radius 3 is 2.48 bits per heavy atom. The molecular formula is C17H24N2O2. The molecule has 1 aliphatic rings. The Labute approximate surface area is 127 Å². The van der Waals surface area contributed by atoms with Crippen molar-refractivity contribution in [2.45, 2.75) is 38.1 Å². The van der Waals surface area contributed by atoms with Crippen LogP contribution in [-0.2, 0) is 0 Å². The monoisotopic (exact) mass is 288 g/mol. The minimum absolute atomic E-state index is 0.269. The van der Waals surface area contributed by atoms with Gasteiger partial charge in [-0.2, -0.15) is 5.26 Å². The summed E-state index contributed by atoms with van der Waals surface area (Å²) in [6.45, 7) is 2.97. The quantitative estimate of drug-likeness (QED) is 0.710. The third-order valence-corrected chi connectivity index (χ3v) is 4.04. The first-order chi connectivity index (χ1) is 10.3. The van der Waals surface area contributed by atoms with Crippen LogP contribution in [-0.4, -0.2) is 42.4 Å². The molecule has 0 amide bonds. The highest BCUT2D eigenvalue weighted by molar-refractivity contribution is 5.34. The van der Waals surface area contributed by atoms with Gasteiger partial charge in [-0.3, -0.25) is 0 Å². The summed E-state index contributed by atoms with van der Waals surface area (Å²) in [4.78, 5) is 2.49. The lowest BCUT2D eigenvalue weighted by Gasteiger charge is -2.37. The molecule has 1 aromatic rings. The average molecular weight is 288 g/mol. The van der Waals surface area contributed by atoms with Gasteiger partial charge >= 0.3 is 0 Å². The zero-order valence-corrected chi connectivity index (χ0v) is 12.5. The lowest BCUT2D eigenvalue weighted by Crippen LogP contribution is -2.41. The Hall–Kier alpha value is -1.57. The van der Waals surface area contributed by atoms with E-state index in [-0.39, 0.29) is 6.61 Å². The first kappa shape index (κ1) is 15.8. The molecule has 1 fully saturated rings. The van der Waals surface area contributed by atoms with Crippen LogP contribution < -0.4 is 4.74 Å². The number of benzene rings is 1. The van der Waals surface area contributed by atoms with Crippen molar-refractivity contribution in [1.82, 2.24) is 4.90 Å². The molecule has 21 heavy (non-hydrogen) atoms. The number of ether oxygens (including phenoxy) is 1. The Bertz CT molecular complexity index is 449. The van der Waals surface area contributed by atoms with E-state index in [1.54, 1.807) is 12.1 Å². The number of rotatable bonds is 9. The van der Waals surface area contributed by atoms with Crippen molar-refractivity contribution in [3.63, 3.8) is 0 Å². The van der Waals surface area contributed by atoms with Gasteiger partial charge in [-0.05, 0) is 49.9 Å². The van der Waals surface area contributed by atoms with Crippen molar-refractivity contribution in [2.75, 3.05) is 26.3 Å². The molecule has 1 N–H and O–H groups in total. The number of hydrogen-bond acceptors (Lipinski definition) is 4. The molecule has 4 nitrogen and oxygen atoms in total. The Balaban J connectivity index is 1.67. The van der Waals surface area contributed by atoms with Gasteiger partial charge < -0.3 is 14.7 Å². The van der Waals surface area contributed by atoms with Gasteiger partial charge in [0.1, 0.15) is 5.75 Å². The molecule has 0 saturated heterocycles. The first-order valence-electron chi connectivity index (χ1n) is 7.81. The van der Waals surface area contributed by atoms with Crippen molar-refractivity contribution in [1.29, 1.82) is 5.26 Å². The summed E-state index contributed by atoms with van der Waals surface area (Å²) in [5.41, 5.74) is 0.655. The van der Waals surface area contributed by atoms with Crippen LogP contribution in [0.25, 0.3) is 0 Å². The number of nitrogens with zero attached hydrogens (tertiary/aromatic N) is 2. The number of hydrogen-bond donors (Lipinski definition) is 1. The molecule has 2 rings (SSSR count). The average Bonchev–Trinajstić information content (AvgIpc) is 2.47. The summed E-state index contributed by atoms with van der Waals surface area (Å²) in [5.74, 6) is 0.819. The van der Waals surface area contributed by atoms with E-state index in [4.69, 9.17) is 15.1 Å². The van der Waals surface area contributed by atoms with Gasteiger partial charge in [0.2, 0.25) is 0 Å². The molecule has 0 bridgehead atoms. The summed E-state index contributed by atoms with van der Waals surface area (Å²) < 4.78 is 5.71. The highest BCUT2D eigenvalue weighted by Crippen LogP contribution is 2.25. The van der Waals surface area contributed by atoms with Crippen molar-refractivity contribution in [2.24, 2.45) is 0 Å². The van der Waals surface area contributed by atoms with E-state index in [0.29, 0.717) is 18.2 Å². The molecule has 0 heterocycles. The lowest BCUT2D eigenvalue weighted by atomic mass is 9.91. The molecule has 1 saturated carbocycles. The van der Waals surface area contributed by atoms with Crippen LogP contribution in [0.2, 0.25) is 0 Å². The maximum atomic E-state index is 8.98. The fourth-order valence-corrected chi connectivity index (χ4v) is 2.59. The Morgan fingerprint density at radius 2 is 1.90 bits per heavy atom. The predicted molar refractivity (Wildman–Crippen MR) is 82.2 cm³/mol. The van der Waals surface area contributed by atoms with Gasteiger partial charge in [0.05, 0.1) is 18.2 Å². The van der Waals surface area contributed by atoms with Gasteiger partial charge in [-0.1, -0.05) is 6.42 Å². The summed E-state index contributed by atoms with van der Waals surface area (Å²) >= 11 is 0. The summed E-state index contributed by atoms with van der Waals surface area (Å²) in [5, 5.41) is 17.7. The highest BCUT2D eigenvalue weighted by atomic mass is 16.5. The second-order valence-electron chi connectivity index (χ2n) is 5.54. The molecule has 0 aromatic heterocycles. The van der Waals surface area contributed by atoms with Crippen molar-refractivity contribution < 1.29 is 9.84 Å². The van der Waals surface area contributed by atoms with E-state index in [9.17, 15) is 0 Å². The van der Waals surface area contributed by atoms with Crippen LogP contribution in [0, 0.1) is 11.3 Å². The van der Waals surface area contributed by atoms with E-state index >= 15 is 0 Å². The van der Waals surface area contributed by atoms with E-state index < -0.39 is 0 Å². The van der Waals surface area contributed by atoms with E-state index in [0.717, 1.165) is 31.7 Å². The minimum atomic E-state index is 0.269. The topological polar surface area (TPSA) is 56.5 Å². The normalized spacial score (nSPS) is 14.7. The summed E-state index contributed by atoms with van der Waals surface area (Å²) in [6.07, 6.45) is 5.76. The molecule has 0 radical (unpaired) electrons. The molecule has 0 aliphatic heterocycles. The highest BCUT2D eigenvalue weighted by Gasteiger charge is 2.23. The lowest BCUT2D eigenvalue weighted by molar-refractivity contribution is 0.109. The largest absolute Gasteiger partial charge is 0.494 e. The number of aliphatic hydroxyl groups is 1. The van der Waals surface area contributed by atoms with Gasteiger partial charge in [0.25, 0.3) is 0 Å². The van der Waals surface area contributed by atoms with E-state index in [2.05, 4.69) is 11.0 Å². The second kappa shape index (κ2) is 8.66. The van der Waals surface area contributed by atoms with Gasteiger partial charge in [-0.15, -0.1) is 0 Å². The molecule has 0 spiro atoms. The Kier molecular flexibility index (Phi) is 6.52. The van der Waals surface area contributed by atoms with E-state index in [1.165, 1.54) is 19.3 Å². The maximum absolute atomic E-state index is 8.98. The molecule has 1 aliphatic carbocycles. The fourth-order valence-electron chi connectivity index (χ4n) is 2.59. The summed E-state index contributed by atoms with van der Waals surface area (Å²) in [6, 6.07) is 10.0. The van der Waals surface area contributed by atoms with Gasteiger partial charge in [-0.25, -0.2) is 0 Å². The van der Waals surface area contributed by atoms with Gasteiger partial charge in [0.15, 0.2) is 0 Å². The third-order valence-electron chi connectivity index (χ3n) is 4.04. The second-order valence-corrected chi connectivity index (χ2v) is 5.54. The number of aliphatic hydroxyl groups excluding tert-OH is 1. The molecule has 4 heteroatoms. The van der Waals surface area contributed by atoms with E-state index in [1.807, 2.05) is 12.1 Å². The predicted octanol–water partition coefficient (Wildman–Crippen LogP) is 2.56. The van der Waals surface area contributed by atoms with Crippen LogP contribution in [0.3, 0.4) is 0 Å².